The molecule has 1 saturated carbocycles. The van der Waals surface area contributed by atoms with E-state index >= 15 is 0 Å². The van der Waals surface area contributed by atoms with Crippen LogP contribution in [0.15, 0.2) is 43.1 Å². The van der Waals surface area contributed by atoms with E-state index in [9.17, 15) is 22.4 Å². The second kappa shape index (κ2) is 13.8. The molecule has 12 nitrogen and oxygen atoms in total. The number of ether oxygens (including phenoxy) is 1. The molecule has 1 fully saturated rings. The van der Waals surface area contributed by atoms with E-state index in [2.05, 4.69) is 45.8 Å². The van der Waals surface area contributed by atoms with E-state index in [0.29, 0.717) is 36.8 Å². The molecule has 44 heavy (non-hydrogen) atoms. The van der Waals surface area contributed by atoms with Gasteiger partial charge in [0.1, 0.15) is 17.2 Å². The van der Waals surface area contributed by atoms with Gasteiger partial charge < -0.3 is 15.4 Å². The number of pyridine rings is 1. The molecule has 4 aromatic heterocycles. The summed E-state index contributed by atoms with van der Waals surface area (Å²) >= 11 is 6.09. The number of urea groups is 1. The van der Waals surface area contributed by atoms with Crippen molar-refractivity contribution in [1.82, 2.24) is 40.4 Å². The van der Waals surface area contributed by atoms with Crippen LogP contribution >= 0.6 is 11.6 Å². The monoisotopic (exact) mass is 634 g/mol. The Morgan fingerprint density at radius 1 is 1.02 bits per heavy atom. The molecule has 3 N–H and O–H groups in total. The Labute approximate surface area is 253 Å². The maximum atomic E-state index is 13.6. The average Bonchev–Trinajstić information content (AvgIpc) is 3.46. The molecule has 1 aliphatic carbocycles. The van der Waals surface area contributed by atoms with Crippen molar-refractivity contribution in [3.63, 3.8) is 0 Å². The van der Waals surface area contributed by atoms with Gasteiger partial charge in [-0.1, -0.05) is 11.6 Å². The Balaban J connectivity index is 1.30. The molecule has 17 heteroatoms. The van der Waals surface area contributed by atoms with Crippen LogP contribution in [0.25, 0.3) is 22.5 Å². The number of halogens is 5. The van der Waals surface area contributed by atoms with Gasteiger partial charge in [-0.2, -0.15) is 5.10 Å². The summed E-state index contributed by atoms with van der Waals surface area (Å²) in [5.74, 6) is 0.413. The lowest BCUT2D eigenvalue weighted by Crippen LogP contribution is -2.50. The molecule has 0 saturated heterocycles. The predicted octanol–water partition coefficient (Wildman–Crippen LogP) is 5.52. The molecule has 0 atom stereocenters. The molecular formula is C27H27ClF4N10O2. The zero-order chi connectivity index (χ0) is 31.2. The summed E-state index contributed by atoms with van der Waals surface area (Å²) in [6.45, 7) is -0.804. The zero-order valence-electron chi connectivity index (χ0n) is 23.2. The van der Waals surface area contributed by atoms with E-state index in [-0.39, 0.29) is 46.3 Å². The number of carbonyl (C=O) groups is 1. The first-order valence-corrected chi connectivity index (χ1v) is 13.9. The quantitative estimate of drug-likeness (QED) is 0.192. The first-order chi connectivity index (χ1) is 21.2. The van der Waals surface area contributed by atoms with E-state index in [4.69, 9.17) is 16.3 Å². The van der Waals surface area contributed by atoms with Crippen LogP contribution in [0, 0.1) is 0 Å². The van der Waals surface area contributed by atoms with Crippen molar-refractivity contribution in [2.45, 2.75) is 50.6 Å². The molecule has 0 aromatic carbocycles. The lowest BCUT2D eigenvalue weighted by atomic mass is 9.90. The molecule has 0 bridgehead atoms. The lowest BCUT2D eigenvalue weighted by molar-refractivity contribution is 0.146. The highest BCUT2D eigenvalue weighted by molar-refractivity contribution is 6.32. The van der Waals surface area contributed by atoms with Crippen LogP contribution in [0.5, 0.6) is 6.01 Å². The largest absolute Gasteiger partial charge is 0.467 e. The Morgan fingerprint density at radius 2 is 1.75 bits per heavy atom. The number of hydrogen-bond acceptors (Lipinski definition) is 9. The van der Waals surface area contributed by atoms with Crippen molar-refractivity contribution in [2.24, 2.45) is 0 Å². The lowest BCUT2D eigenvalue weighted by Gasteiger charge is -2.36. The van der Waals surface area contributed by atoms with E-state index in [1.807, 2.05) is 0 Å². The number of nitrogens with one attached hydrogen (secondary N) is 3. The number of rotatable bonds is 10. The normalized spacial score (nSPS) is 16.6. The number of carbonyl (C=O) groups excluding carboxylic acids is 1. The third-order valence-electron chi connectivity index (χ3n) is 7.03. The van der Waals surface area contributed by atoms with Crippen molar-refractivity contribution in [3.05, 3.63) is 53.7 Å². The number of amides is 2. The molecule has 2 amide bonds. The number of alkyl halides is 4. The second-order valence-corrected chi connectivity index (χ2v) is 10.2. The van der Waals surface area contributed by atoms with Gasteiger partial charge in [0, 0.05) is 54.2 Å². The summed E-state index contributed by atoms with van der Waals surface area (Å²) in [5.41, 5.74) is 0.948. The highest BCUT2D eigenvalue weighted by atomic mass is 35.5. The fourth-order valence-electron chi connectivity index (χ4n) is 4.89. The molecule has 4 heterocycles. The Morgan fingerprint density at radius 3 is 2.34 bits per heavy atom. The number of aromatic amines is 1. The van der Waals surface area contributed by atoms with Crippen molar-refractivity contribution in [3.8, 4) is 28.5 Å². The Kier molecular flexibility index (Phi) is 9.67. The number of nitrogens with zero attached hydrogens (tertiary/aromatic N) is 7. The standard InChI is InChI=1S/C27H27ClF4N10O2/c1-44-26-35-9-15(10-36-26)14-2-7-21(33-8-14)42(27(43)37-13-20(29)30)17-5-3-16(4-6-17)39-25-34-11-18(24(31)32)22(40-25)23-19(28)12-38-41-23/h2,7-12,16-17,20,24H,3-6,13H2,1H3,(H,37,43)(H,38,41)(H,34,39,40)/t16-,17-. The summed E-state index contributed by atoms with van der Waals surface area (Å²) in [6, 6.07) is 2.38. The summed E-state index contributed by atoms with van der Waals surface area (Å²) in [7, 11) is 1.46. The summed E-state index contributed by atoms with van der Waals surface area (Å²) in [6.07, 6.45) is 3.60. The van der Waals surface area contributed by atoms with Gasteiger partial charge in [0.25, 0.3) is 12.9 Å². The fraction of sp³-hybridized carbons (Fsp3) is 0.370. The minimum Gasteiger partial charge on any atom is -0.467 e. The van der Waals surface area contributed by atoms with Gasteiger partial charge in [-0.25, -0.2) is 47.3 Å². The molecule has 1 aliphatic rings. The highest BCUT2D eigenvalue weighted by Gasteiger charge is 2.32. The fourth-order valence-corrected chi connectivity index (χ4v) is 5.07. The Hall–Kier alpha value is -4.60. The van der Waals surface area contributed by atoms with Crippen LogP contribution in [0.2, 0.25) is 5.02 Å². The Bertz CT molecular complexity index is 1550. The maximum absolute atomic E-state index is 13.6. The average molecular weight is 635 g/mol. The van der Waals surface area contributed by atoms with Gasteiger partial charge in [0.15, 0.2) is 0 Å². The van der Waals surface area contributed by atoms with E-state index in [1.165, 1.54) is 18.2 Å². The minimum absolute atomic E-state index is 0.0830. The molecule has 5 rings (SSSR count). The first kappa shape index (κ1) is 30.8. The van der Waals surface area contributed by atoms with Crippen LogP contribution in [0.1, 0.15) is 37.7 Å². The van der Waals surface area contributed by atoms with Crippen LogP contribution < -0.4 is 20.3 Å². The molecule has 0 spiro atoms. The van der Waals surface area contributed by atoms with Crippen LogP contribution in [-0.4, -0.2) is 73.3 Å². The maximum Gasteiger partial charge on any atom is 0.323 e. The molecule has 232 valence electrons. The van der Waals surface area contributed by atoms with Gasteiger partial charge in [-0.15, -0.1) is 0 Å². The minimum atomic E-state index is -2.84. The number of anilines is 2. The zero-order valence-corrected chi connectivity index (χ0v) is 24.0. The van der Waals surface area contributed by atoms with Gasteiger partial charge in [0.2, 0.25) is 5.95 Å². The van der Waals surface area contributed by atoms with Crippen molar-refractivity contribution >= 4 is 29.4 Å². The van der Waals surface area contributed by atoms with Crippen molar-refractivity contribution < 1.29 is 27.1 Å². The van der Waals surface area contributed by atoms with Gasteiger partial charge in [0.05, 0.1) is 24.2 Å². The second-order valence-electron chi connectivity index (χ2n) is 9.84. The summed E-state index contributed by atoms with van der Waals surface area (Å²) in [4.78, 5) is 35.4. The van der Waals surface area contributed by atoms with Gasteiger partial charge >= 0.3 is 12.0 Å². The van der Waals surface area contributed by atoms with Crippen LogP contribution in [0.4, 0.5) is 34.1 Å². The highest BCUT2D eigenvalue weighted by Crippen LogP contribution is 2.34. The van der Waals surface area contributed by atoms with Gasteiger partial charge in [-0.05, 0) is 37.8 Å². The molecule has 4 aromatic rings. The predicted molar refractivity (Wildman–Crippen MR) is 153 cm³/mol. The van der Waals surface area contributed by atoms with Crippen LogP contribution in [-0.2, 0) is 0 Å². The molecule has 0 unspecified atom stereocenters. The number of hydrogen-bond donors (Lipinski definition) is 3. The third kappa shape index (κ3) is 7.12. The van der Waals surface area contributed by atoms with Crippen molar-refractivity contribution in [2.75, 3.05) is 23.9 Å². The van der Waals surface area contributed by atoms with Crippen LogP contribution in [0.3, 0.4) is 0 Å². The van der Waals surface area contributed by atoms with Crippen molar-refractivity contribution in [1.29, 1.82) is 0 Å². The van der Waals surface area contributed by atoms with Gasteiger partial charge in [-0.3, -0.25) is 10.00 Å². The topological polar surface area (TPSA) is 147 Å². The van der Waals surface area contributed by atoms with E-state index in [1.54, 1.807) is 30.7 Å². The number of methoxy groups -OCH3 is 1. The summed E-state index contributed by atoms with van der Waals surface area (Å²) in [5, 5.41) is 12.0. The molecule has 0 aliphatic heterocycles. The van der Waals surface area contributed by atoms with E-state index < -0.39 is 31.0 Å². The number of H-pyrrole nitrogens is 1. The SMILES string of the molecule is COc1ncc(-c2ccc(N(C(=O)NCC(F)F)[C@H]3CC[C@H](Nc4ncc(C(F)F)c(-c5n[nH]cc5Cl)n4)CC3)nc2)cn1. The number of aromatic nitrogens is 7. The molecular weight excluding hydrogens is 608 g/mol. The van der Waals surface area contributed by atoms with E-state index in [0.717, 1.165) is 6.20 Å². The molecule has 0 radical (unpaired) electrons. The smallest absolute Gasteiger partial charge is 0.323 e. The summed E-state index contributed by atoms with van der Waals surface area (Å²) < 4.78 is 58.1. The third-order valence-corrected chi connectivity index (χ3v) is 7.32. The first-order valence-electron chi connectivity index (χ1n) is 13.5.